The number of piperazine rings is 1. The number of hydrogen-bond acceptors (Lipinski definition) is 3. The quantitative estimate of drug-likeness (QED) is 0.769. The van der Waals surface area contributed by atoms with Crippen molar-refractivity contribution in [2.75, 3.05) is 39.3 Å². The van der Waals surface area contributed by atoms with Gasteiger partial charge in [0.2, 0.25) is 11.8 Å². The zero-order chi connectivity index (χ0) is 18.6. The lowest BCUT2D eigenvalue weighted by molar-refractivity contribution is -0.184. The van der Waals surface area contributed by atoms with E-state index in [4.69, 9.17) is 0 Å². The van der Waals surface area contributed by atoms with Gasteiger partial charge >= 0.3 is 6.18 Å². The fourth-order valence-corrected chi connectivity index (χ4v) is 3.86. The molecule has 1 heterocycles. The third kappa shape index (κ3) is 5.33. The highest BCUT2D eigenvalue weighted by atomic mass is 19.4. The lowest BCUT2D eigenvalue weighted by Crippen LogP contribution is -2.52. The van der Waals surface area contributed by atoms with Gasteiger partial charge in [0, 0.05) is 45.7 Å². The van der Waals surface area contributed by atoms with Crippen molar-refractivity contribution in [2.24, 2.45) is 5.92 Å². The highest BCUT2D eigenvalue weighted by molar-refractivity contribution is 5.78. The van der Waals surface area contributed by atoms with Gasteiger partial charge in [-0.2, -0.15) is 13.2 Å². The second kappa shape index (κ2) is 8.38. The summed E-state index contributed by atoms with van der Waals surface area (Å²) in [6.45, 7) is 6.76. The number of carbonyl (C=O) groups excluding carboxylic acids is 2. The predicted octanol–water partition coefficient (Wildman–Crippen LogP) is 2.12. The molecule has 0 N–H and O–H groups in total. The molecule has 2 rings (SSSR count). The van der Waals surface area contributed by atoms with E-state index in [1.165, 1.54) is 6.92 Å². The molecule has 0 unspecified atom stereocenters. The molecular weight excluding hydrogens is 335 g/mol. The molecule has 0 aromatic heterocycles. The summed E-state index contributed by atoms with van der Waals surface area (Å²) in [4.78, 5) is 29.5. The van der Waals surface area contributed by atoms with E-state index >= 15 is 0 Å². The van der Waals surface area contributed by atoms with E-state index in [0.717, 1.165) is 0 Å². The minimum atomic E-state index is -4.12. The molecule has 1 saturated carbocycles. The normalized spacial score (nSPS) is 25.7. The first-order valence-electron chi connectivity index (χ1n) is 9.06. The summed E-state index contributed by atoms with van der Waals surface area (Å²) in [6, 6.07) is -0.0883. The van der Waals surface area contributed by atoms with Gasteiger partial charge in [-0.25, -0.2) is 0 Å². The van der Waals surface area contributed by atoms with Crippen LogP contribution in [0.5, 0.6) is 0 Å². The average Bonchev–Trinajstić information content (AvgIpc) is 2.55. The smallest absolute Gasteiger partial charge is 0.340 e. The van der Waals surface area contributed by atoms with Gasteiger partial charge in [-0.3, -0.25) is 14.5 Å². The van der Waals surface area contributed by atoms with Crippen LogP contribution in [0, 0.1) is 5.92 Å². The van der Waals surface area contributed by atoms with Crippen LogP contribution in [0.25, 0.3) is 0 Å². The molecule has 2 aliphatic rings. The second-order valence-electron chi connectivity index (χ2n) is 7.01. The molecule has 0 spiro atoms. The summed E-state index contributed by atoms with van der Waals surface area (Å²) in [6.07, 6.45) is -3.07. The van der Waals surface area contributed by atoms with E-state index in [1.807, 2.05) is 11.8 Å². The maximum atomic E-state index is 12.8. The minimum absolute atomic E-state index is 0.0192. The highest BCUT2D eigenvalue weighted by Crippen LogP contribution is 2.38. The van der Waals surface area contributed by atoms with E-state index in [9.17, 15) is 22.8 Å². The van der Waals surface area contributed by atoms with Crippen LogP contribution < -0.4 is 0 Å². The van der Waals surface area contributed by atoms with E-state index in [0.29, 0.717) is 45.6 Å². The average molecular weight is 363 g/mol. The molecule has 0 atom stereocenters. The highest BCUT2D eigenvalue weighted by Gasteiger charge is 2.42. The Kier molecular flexibility index (Phi) is 6.71. The van der Waals surface area contributed by atoms with Crippen molar-refractivity contribution >= 4 is 11.8 Å². The molecule has 5 nitrogen and oxygen atoms in total. The Morgan fingerprint density at radius 2 is 1.60 bits per heavy atom. The molecule has 0 radical (unpaired) electrons. The van der Waals surface area contributed by atoms with Gasteiger partial charge in [0.1, 0.15) is 0 Å². The van der Waals surface area contributed by atoms with E-state index in [-0.39, 0.29) is 37.2 Å². The first-order chi connectivity index (χ1) is 11.7. The third-order valence-corrected chi connectivity index (χ3v) is 5.44. The Hall–Kier alpha value is -1.31. The molecule has 2 amide bonds. The van der Waals surface area contributed by atoms with Gasteiger partial charge in [0.25, 0.3) is 0 Å². The molecule has 0 bridgehead atoms. The molecular formula is C17H28F3N3O2. The summed E-state index contributed by atoms with van der Waals surface area (Å²) < 4.78 is 38.4. The SMILES string of the molecule is CCN(C(=O)CN1CCN(C(C)=O)CC1)C1CCC(C(F)(F)F)CC1. The van der Waals surface area contributed by atoms with E-state index in [2.05, 4.69) is 0 Å². The van der Waals surface area contributed by atoms with E-state index in [1.54, 1.807) is 9.80 Å². The van der Waals surface area contributed by atoms with Crippen molar-refractivity contribution in [1.29, 1.82) is 0 Å². The van der Waals surface area contributed by atoms with E-state index < -0.39 is 12.1 Å². The van der Waals surface area contributed by atoms with Crippen LogP contribution in [0.2, 0.25) is 0 Å². The molecule has 8 heteroatoms. The Morgan fingerprint density at radius 1 is 1.04 bits per heavy atom. The molecule has 144 valence electrons. The standard InChI is InChI=1S/C17H28F3N3O2/c1-3-23(15-6-4-14(5-7-15)17(18,19)20)16(25)12-21-8-10-22(11-9-21)13(2)24/h14-15H,3-12H2,1-2H3. The fraction of sp³-hybridized carbons (Fsp3) is 0.882. The molecule has 1 aliphatic heterocycles. The summed E-state index contributed by atoms with van der Waals surface area (Å²) in [5.74, 6) is -1.20. The fourth-order valence-electron chi connectivity index (χ4n) is 3.86. The summed E-state index contributed by atoms with van der Waals surface area (Å²) in [7, 11) is 0. The van der Waals surface area contributed by atoms with Gasteiger partial charge in [0.05, 0.1) is 12.5 Å². The monoisotopic (exact) mass is 363 g/mol. The molecule has 1 saturated heterocycles. The van der Waals surface area contributed by atoms with Crippen molar-refractivity contribution in [3.8, 4) is 0 Å². The van der Waals surface area contributed by atoms with Crippen LogP contribution in [-0.2, 0) is 9.59 Å². The number of likely N-dealkylation sites (N-methyl/N-ethyl adjacent to an activating group) is 1. The summed E-state index contributed by atoms with van der Waals surface area (Å²) >= 11 is 0. The number of rotatable bonds is 4. The first kappa shape index (κ1) is 20.0. The summed E-state index contributed by atoms with van der Waals surface area (Å²) in [5.41, 5.74) is 0. The number of halogens is 3. The Balaban J connectivity index is 1.83. The van der Waals surface area contributed by atoms with Gasteiger partial charge in [-0.1, -0.05) is 0 Å². The zero-order valence-corrected chi connectivity index (χ0v) is 15.0. The van der Waals surface area contributed by atoms with Crippen LogP contribution in [0.4, 0.5) is 13.2 Å². The largest absolute Gasteiger partial charge is 0.391 e. The molecule has 1 aliphatic carbocycles. The van der Waals surface area contributed by atoms with Crippen LogP contribution in [-0.4, -0.2) is 78.0 Å². The zero-order valence-electron chi connectivity index (χ0n) is 15.0. The summed E-state index contributed by atoms with van der Waals surface area (Å²) in [5, 5.41) is 0. The maximum Gasteiger partial charge on any atom is 0.391 e. The van der Waals surface area contributed by atoms with Gasteiger partial charge < -0.3 is 9.80 Å². The maximum absolute atomic E-state index is 12.8. The third-order valence-electron chi connectivity index (χ3n) is 5.44. The predicted molar refractivity (Wildman–Crippen MR) is 87.9 cm³/mol. The van der Waals surface area contributed by atoms with Crippen molar-refractivity contribution in [1.82, 2.24) is 14.7 Å². The van der Waals surface area contributed by atoms with Crippen molar-refractivity contribution < 1.29 is 22.8 Å². The molecule has 25 heavy (non-hydrogen) atoms. The Morgan fingerprint density at radius 3 is 2.04 bits per heavy atom. The number of amides is 2. The van der Waals surface area contributed by atoms with Crippen LogP contribution in [0.3, 0.4) is 0 Å². The van der Waals surface area contributed by atoms with Crippen LogP contribution >= 0.6 is 0 Å². The lowest BCUT2D eigenvalue weighted by atomic mass is 9.85. The van der Waals surface area contributed by atoms with Gasteiger partial charge in [-0.15, -0.1) is 0 Å². The van der Waals surface area contributed by atoms with Gasteiger partial charge in [0.15, 0.2) is 0 Å². The Bertz CT molecular complexity index is 468. The topological polar surface area (TPSA) is 43.9 Å². The Labute approximate surface area is 147 Å². The first-order valence-corrected chi connectivity index (χ1v) is 9.06. The van der Waals surface area contributed by atoms with Crippen molar-refractivity contribution in [3.05, 3.63) is 0 Å². The van der Waals surface area contributed by atoms with Crippen LogP contribution in [0.15, 0.2) is 0 Å². The molecule has 2 fully saturated rings. The number of alkyl halides is 3. The van der Waals surface area contributed by atoms with Gasteiger partial charge in [-0.05, 0) is 32.6 Å². The number of hydrogen-bond donors (Lipinski definition) is 0. The van der Waals surface area contributed by atoms with Crippen molar-refractivity contribution in [3.63, 3.8) is 0 Å². The van der Waals surface area contributed by atoms with Crippen LogP contribution in [0.1, 0.15) is 39.5 Å². The molecule has 0 aromatic rings. The molecule has 0 aromatic carbocycles. The minimum Gasteiger partial charge on any atom is -0.340 e. The lowest BCUT2D eigenvalue weighted by Gasteiger charge is -2.39. The number of nitrogens with zero attached hydrogens (tertiary/aromatic N) is 3. The second-order valence-corrected chi connectivity index (χ2v) is 7.01. The van der Waals surface area contributed by atoms with Crippen molar-refractivity contribution in [2.45, 2.75) is 51.7 Å². The number of carbonyl (C=O) groups is 2.